The molecule has 0 saturated carbocycles. The van der Waals surface area contributed by atoms with E-state index in [1.165, 1.54) is 43.0 Å². The van der Waals surface area contributed by atoms with E-state index in [-0.39, 0.29) is 0 Å². The first-order chi connectivity index (χ1) is 9.10. The van der Waals surface area contributed by atoms with Gasteiger partial charge in [0.05, 0.1) is 0 Å². The van der Waals surface area contributed by atoms with Gasteiger partial charge >= 0.3 is 126 Å². The van der Waals surface area contributed by atoms with Crippen molar-refractivity contribution >= 4 is 18.4 Å². The Morgan fingerprint density at radius 2 is 1.21 bits per heavy atom. The van der Waals surface area contributed by atoms with Gasteiger partial charge in [-0.25, -0.2) is 0 Å². The summed E-state index contributed by atoms with van der Waals surface area (Å²) in [4.78, 5) is 2.01. The predicted molar refractivity (Wildman–Crippen MR) is 91.2 cm³/mol. The zero-order valence-corrected chi connectivity index (χ0v) is 16.9. The van der Waals surface area contributed by atoms with Crippen LogP contribution in [0.5, 0.6) is 0 Å². The molecular formula is C17H35NSn. The molecule has 0 N–H and O–H groups in total. The van der Waals surface area contributed by atoms with Crippen LogP contribution >= 0.6 is 0 Å². The molecule has 0 aromatic carbocycles. The summed E-state index contributed by atoms with van der Waals surface area (Å²) in [5, 5.41) is 0. The fraction of sp³-hybridized carbons (Fsp3) is 0.882. The standard InChI is InChI=1S/C5H8N.3C4H9.Sn/c1-4-5-6(2)3;3*1-3-4-2;/h1H2,2-3H3;3*1,3-4H2,2H3;. The van der Waals surface area contributed by atoms with Gasteiger partial charge in [0.25, 0.3) is 0 Å². The van der Waals surface area contributed by atoms with Crippen molar-refractivity contribution in [3.05, 3.63) is 0 Å². The Kier molecular flexibility index (Phi) is 12.0. The summed E-state index contributed by atoms with van der Waals surface area (Å²) < 4.78 is 6.03. The number of rotatable bonds is 10. The van der Waals surface area contributed by atoms with E-state index in [1.807, 2.05) is 19.0 Å². The second-order valence-electron chi connectivity index (χ2n) is 6.17. The molecule has 0 unspecified atom stereocenters. The van der Waals surface area contributed by atoms with Crippen molar-refractivity contribution in [3.63, 3.8) is 0 Å². The fourth-order valence-corrected chi connectivity index (χ4v) is 17.1. The third kappa shape index (κ3) is 9.66. The topological polar surface area (TPSA) is 3.24 Å². The molecule has 1 nitrogen and oxygen atoms in total. The summed E-state index contributed by atoms with van der Waals surface area (Å²) in [5.41, 5.74) is 0. The molecule has 2 heteroatoms. The summed E-state index contributed by atoms with van der Waals surface area (Å²) in [6.45, 7) is 7.01. The van der Waals surface area contributed by atoms with Gasteiger partial charge in [-0.15, -0.1) is 0 Å². The van der Waals surface area contributed by atoms with E-state index in [0.29, 0.717) is 0 Å². The van der Waals surface area contributed by atoms with E-state index in [4.69, 9.17) is 0 Å². The van der Waals surface area contributed by atoms with Crippen LogP contribution in [0.25, 0.3) is 0 Å². The van der Waals surface area contributed by atoms with Crippen molar-refractivity contribution in [1.29, 1.82) is 0 Å². The van der Waals surface area contributed by atoms with Crippen LogP contribution < -0.4 is 0 Å². The van der Waals surface area contributed by atoms with E-state index < -0.39 is 18.4 Å². The van der Waals surface area contributed by atoms with E-state index in [1.54, 1.807) is 13.3 Å². The van der Waals surface area contributed by atoms with Crippen molar-refractivity contribution < 1.29 is 0 Å². The SMILES string of the molecule is CCC[CH2][Sn]([CH2]C#CN(C)C)([CH2]CCC)[CH2]CCC. The molecule has 0 saturated heterocycles. The van der Waals surface area contributed by atoms with E-state index in [0.717, 1.165) is 0 Å². The molecule has 0 aliphatic rings. The van der Waals surface area contributed by atoms with Crippen LogP contribution in [0.2, 0.25) is 17.7 Å². The molecule has 0 aliphatic heterocycles. The minimum atomic E-state index is -1.95. The van der Waals surface area contributed by atoms with E-state index in [2.05, 4.69) is 32.7 Å². The third-order valence-electron chi connectivity index (χ3n) is 3.95. The molecule has 0 radical (unpaired) electrons. The average molecular weight is 372 g/mol. The quantitative estimate of drug-likeness (QED) is 0.284. The first-order valence-electron chi connectivity index (χ1n) is 8.26. The Morgan fingerprint density at radius 1 is 0.789 bits per heavy atom. The summed E-state index contributed by atoms with van der Waals surface area (Å²) in [5.74, 6) is 3.52. The van der Waals surface area contributed by atoms with Crippen molar-refractivity contribution in [2.45, 2.75) is 77.0 Å². The first-order valence-corrected chi connectivity index (χ1v) is 16.3. The first kappa shape index (κ1) is 19.2. The van der Waals surface area contributed by atoms with Crippen LogP contribution in [0.3, 0.4) is 0 Å². The molecular weight excluding hydrogens is 337 g/mol. The van der Waals surface area contributed by atoms with Gasteiger partial charge in [-0.2, -0.15) is 0 Å². The van der Waals surface area contributed by atoms with Gasteiger partial charge in [0.15, 0.2) is 0 Å². The van der Waals surface area contributed by atoms with Gasteiger partial charge in [0, 0.05) is 0 Å². The minimum absolute atomic E-state index is 1.30. The van der Waals surface area contributed by atoms with Crippen molar-refractivity contribution in [2.24, 2.45) is 0 Å². The van der Waals surface area contributed by atoms with Gasteiger partial charge in [0.2, 0.25) is 0 Å². The summed E-state index contributed by atoms with van der Waals surface area (Å²) in [7, 11) is 4.10. The molecule has 0 bridgehead atoms. The Balaban J connectivity index is 4.72. The fourth-order valence-electron chi connectivity index (χ4n) is 2.68. The zero-order valence-electron chi connectivity index (χ0n) is 14.0. The number of nitrogens with zero attached hydrogens (tertiary/aromatic N) is 1. The normalized spacial score (nSPS) is 11.0. The second-order valence-corrected chi connectivity index (χ2v) is 20.0. The molecule has 0 fully saturated rings. The number of unbranched alkanes of at least 4 members (excludes halogenated alkanes) is 3. The Bertz CT molecular complexity index is 240. The van der Waals surface area contributed by atoms with Crippen LogP contribution in [0.1, 0.15) is 59.3 Å². The molecule has 112 valence electrons. The van der Waals surface area contributed by atoms with Gasteiger partial charge in [-0.05, 0) is 0 Å². The molecule has 0 aromatic heterocycles. The maximum atomic E-state index is 3.52. The van der Waals surface area contributed by atoms with Crippen molar-refractivity contribution in [1.82, 2.24) is 4.90 Å². The summed E-state index contributed by atoms with van der Waals surface area (Å²) >= 11 is -1.95. The van der Waals surface area contributed by atoms with Crippen LogP contribution in [0.15, 0.2) is 0 Å². The van der Waals surface area contributed by atoms with Crippen LogP contribution in [0, 0.1) is 12.0 Å². The van der Waals surface area contributed by atoms with E-state index in [9.17, 15) is 0 Å². The Labute approximate surface area is 126 Å². The predicted octanol–water partition coefficient (Wildman–Crippen LogP) is 5.36. The molecule has 0 rings (SSSR count). The van der Waals surface area contributed by atoms with E-state index >= 15 is 0 Å². The molecule has 0 atom stereocenters. The molecule has 0 heterocycles. The Morgan fingerprint density at radius 3 is 1.53 bits per heavy atom. The number of hydrogen-bond donors (Lipinski definition) is 0. The van der Waals surface area contributed by atoms with Crippen LogP contribution in [0.4, 0.5) is 0 Å². The summed E-state index contributed by atoms with van der Waals surface area (Å²) in [6.07, 6.45) is 8.43. The third-order valence-corrected chi connectivity index (χ3v) is 18.7. The monoisotopic (exact) mass is 373 g/mol. The van der Waals surface area contributed by atoms with Gasteiger partial charge in [-0.3, -0.25) is 0 Å². The second kappa shape index (κ2) is 11.9. The van der Waals surface area contributed by atoms with Gasteiger partial charge in [0.1, 0.15) is 0 Å². The molecule has 0 amide bonds. The Hall–Kier alpha value is 0.159. The maximum absolute atomic E-state index is 3.52. The molecule has 0 spiro atoms. The summed E-state index contributed by atoms with van der Waals surface area (Å²) in [6, 6.07) is 3.27. The van der Waals surface area contributed by atoms with Crippen LogP contribution in [-0.2, 0) is 0 Å². The van der Waals surface area contributed by atoms with Crippen molar-refractivity contribution in [2.75, 3.05) is 14.1 Å². The van der Waals surface area contributed by atoms with Gasteiger partial charge < -0.3 is 0 Å². The van der Waals surface area contributed by atoms with Gasteiger partial charge in [-0.1, -0.05) is 0 Å². The van der Waals surface area contributed by atoms with Crippen LogP contribution in [-0.4, -0.2) is 37.4 Å². The molecule has 0 aromatic rings. The average Bonchev–Trinajstić information content (AvgIpc) is 2.39. The molecule has 19 heavy (non-hydrogen) atoms. The van der Waals surface area contributed by atoms with Crippen molar-refractivity contribution in [3.8, 4) is 12.0 Å². The number of hydrogen-bond acceptors (Lipinski definition) is 1. The zero-order chi connectivity index (χ0) is 14.6. The molecule has 0 aliphatic carbocycles.